The Balaban J connectivity index is 3.21. The van der Waals surface area contributed by atoms with Crippen LogP contribution in [-0.4, -0.2) is 12.0 Å². The van der Waals surface area contributed by atoms with Gasteiger partial charge in [-0.2, -0.15) is 13.2 Å². The molecular weight excluding hydrogens is 268 g/mol. The molecule has 0 radical (unpaired) electrons. The molecule has 76 valence electrons. The average Bonchev–Trinajstić information content (AvgIpc) is 2.07. The van der Waals surface area contributed by atoms with Crippen molar-refractivity contribution in [3.05, 3.63) is 34.1 Å². The molecule has 0 unspecified atom stereocenters. The Morgan fingerprint density at radius 2 is 1.86 bits per heavy atom. The Hall–Kier alpha value is -0.910. The van der Waals surface area contributed by atoms with E-state index in [0.717, 1.165) is 18.2 Å². The highest BCUT2D eigenvalue weighted by molar-refractivity contribution is 9.10. The highest BCUT2D eigenvalue weighted by Crippen LogP contribution is 2.27. The zero-order valence-corrected chi connectivity index (χ0v) is 8.12. The molecule has 0 amide bonds. The molecule has 1 aromatic carbocycles. The van der Waals surface area contributed by atoms with Gasteiger partial charge in [-0.05, 0) is 28.1 Å². The van der Waals surface area contributed by atoms with Gasteiger partial charge in [0, 0.05) is 5.56 Å². The molecule has 0 bridgehead atoms. The lowest BCUT2D eigenvalue weighted by atomic mass is 10.1. The maximum Gasteiger partial charge on any atom is 0.454 e. The zero-order valence-electron chi connectivity index (χ0n) is 6.53. The molecule has 0 aliphatic heterocycles. The van der Waals surface area contributed by atoms with Gasteiger partial charge >= 0.3 is 6.18 Å². The summed E-state index contributed by atoms with van der Waals surface area (Å²) in [6, 6.07) is 2.90. The van der Waals surface area contributed by atoms with E-state index in [4.69, 9.17) is 0 Å². The molecule has 0 N–H and O–H groups in total. The molecule has 0 heterocycles. The Kier molecular flexibility index (Phi) is 2.94. The van der Waals surface area contributed by atoms with Crippen LogP contribution in [0.2, 0.25) is 0 Å². The topological polar surface area (TPSA) is 17.1 Å². The first-order chi connectivity index (χ1) is 6.34. The standard InChI is InChI=1S/C8H3BrF4O/c9-6-4(2-1-3-5(6)10)7(14)8(11,12)13/h1-3H. The molecule has 6 heteroatoms. The predicted octanol–water partition coefficient (Wildman–Crippen LogP) is 3.33. The lowest BCUT2D eigenvalue weighted by Crippen LogP contribution is -2.23. The van der Waals surface area contributed by atoms with Crippen molar-refractivity contribution in [2.24, 2.45) is 0 Å². The summed E-state index contributed by atoms with van der Waals surface area (Å²) < 4.78 is 48.2. The monoisotopic (exact) mass is 270 g/mol. The first kappa shape index (κ1) is 11.2. The first-order valence-electron chi connectivity index (χ1n) is 3.39. The van der Waals surface area contributed by atoms with E-state index >= 15 is 0 Å². The van der Waals surface area contributed by atoms with Gasteiger partial charge in [-0.15, -0.1) is 0 Å². The van der Waals surface area contributed by atoms with Crippen molar-refractivity contribution in [1.82, 2.24) is 0 Å². The van der Waals surface area contributed by atoms with Gasteiger partial charge in [0.2, 0.25) is 0 Å². The molecule has 0 atom stereocenters. The van der Waals surface area contributed by atoms with Crippen LogP contribution >= 0.6 is 15.9 Å². The van der Waals surface area contributed by atoms with Crippen molar-refractivity contribution in [1.29, 1.82) is 0 Å². The third-order valence-corrected chi connectivity index (χ3v) is 2.26. The number of alkyl halides is 3. The average molecular weight is 271 g/mol. The van der Waals surface area contributed by atoms with Gasteiger partial charge in [0.1, 0.15) is 5.82 Å². The number of rotatable bonds is 1. The fourth-order valence-electron chi connectivity index (χ4n) is 0.832. The fraction of sp³-hybridized carbons (Fsp3) is 0.125. The normalized spacial score (nSPS) is 11.5. The number of carbonyl (C=O) groups is 1. The summed E-state index contributed by atoms with van der Waals surface area (Å²) in [5, 5.41) is 0. The third-order valence-electron chi connectivity index (χ3n) is 1.45. The zero-order chi connectivity index (χ0) is 10.9. The molecule has 0 saturated carbocycles. The van der Waals surface area contributed by atoms with Gasteiger partial charge in [0.05, 0.1) is 4.47 Å². The van der Waals surface area contributed by atoms with Gasteiger partial charge in [0.25, 0.3) is 5.78 Å². The Morgan fingerprint density at radius 3 is 2.36 bits per heavy atom. The number of halogens is 5. The van der Waals surface area contributed by atoms with E-state index in [0.29, 0.717) is 0 Å². The van der Waals surface area contributed by atoms with E-state index in [1.165, 1.54) is 0 Å². The molecule has 0 saturated heterocycles. The Morgan fingerprint density at radius 1 is 1.29 bits per heavy atom. The SMILES string of the molecule is O=C(c1cccc(F)c1Br)C(F)(F)F. The Bertz CT molecular complexity index is 372. The van der Waals surface area contributed by atoms with Crippen LogP contribution in [0, 0.1) is 5.82 Å². The van der Waals surface area contributed by atoms with E-state index in [-0.39, 0.29) is 0 Å². The number of carbonyl (C=O) groups excluding carboxylic acids is 1. The van der Waals surface area contributed by atoms with E-state index in [2.05, 4.69) is 15.9 Å². The van der Waals surface area contributed by atoms with Crippen LogP contribution < -0.4 is 0 Å². The Labute approximate surface area is 84.9 Å². The minimum absolute atomic E-state index is 0.470. The molecule has 1 aromatic rings. The van der Waals surface area contributed by atoms with Crippen LogP contribution in [0.3, 0.4) is 0 Å². The molecule has 14 heavy (non-hydrogen) atoms. The summed E-state index contributed by atoms with van der Waals surface area (Å²) >= 11 is 2.58. The van der Waals surface area contributed by atoms with Crippen molar-refractivity contribution in [3.8, 4) is 0 Å². The number of ketones is 1. The summed E-state index contributed by atoms with van der Waals surface area (Å²) in [5.41, 5.74) is -0.725. The second-order valence-electron chi connectivity index (χ2n) is 2.43. The fourth-order valence-corrected chi connectivity index (χ4v) is 1.28. The number of Topliss-reactive ketones (excluding diaryl/α,β-unsaturated/α-hetero) is 1. The number of hydrogen-bond acceptors (Lipinski definition) is 1. The molecule has 0 aliphatic rings. The van der Waals surface area contributed by atoms with Crippen LogP contribution in [0.5, 0.6) is 0 Å². The molecule has 1 nitrogen and oxygen atoms in total. The summed E-state index contributed by atoms with van der Waals surface area (Å²) in [7, 11) is 0. The van der Waals surface area contributed by atoms with Gasteiger partial charge < -0.3 is 0 Å². The molecule has 0 aromatic heterocycles. The van der Waals surface area contributed by atoms with Crippen molar-refractivity contribution < 1.29 is 22.4 Å². The smallest absolute Gasteiger partial charge is 0.284 e. The van der Waals surface area contributed by atoms with Crippen molar-refractivity contribution in [2.45, 2.75) is 6.18 Å². The van der Waals surface area contributed by atoms with Crippen molar-refractivity contribution in [2.75, 3.05) is 0 Å². The number of benzene rings is 1. The van der Waals surface area contributed by atoms with E-state index in [1.807, 2.05) is 0 Å². The number of hydrogen-bond donors (Lipinski definition) is 0. The van der Waals surface area contributed by atoms with Crippen LogP contribution in [0.25, 0.3) is 0 Å². The maximum absolute atomic E-state index is 12.8. The predicted molar refractivity (Wildman–Crippen MR) is 44.5 cm³/mol. The van der Waals surface area contributed by atoms with E-state index < -0.39 is 27.8 Å². The molecule has 1 rings (SSSR count). The lowest BCUT2D eigenvalue weighted by molar-refractivity contribution is -0.0885. The van der Waals surface area contributed by atoms with E-state index in [1.54, 1.807) is 0 Å². The second kappa shape index (κ2) is 3.68. The van der Waals surface area contributed by atoms with Crippen LogP contribution in [0.15, 0.2) is 22.7 Å². The summed E-state index contributed by atoms with van der Waals surface area (Å²) in [4.78, 5) is 10.7. The third kappa shape index (κ3) is 2.12. The summed E-state index contributed by atoms with van der Waals surface area (Å²) in [5.74, 6) is -2.97. The highest BCUT2D eigenvalue weighted by Gasteiger charge is 2.40. The second-order valence-corrected chi connectivity index (χ2v) is 3.22. The largest absolute Gasteiger partial charge is 0.454 e. The summed E-state index contributed by atoms with van der Waals surface area (Å²) in [6.45, 7) is 0. The molecule has 0 spiro atoms. The molecule has 0 fully saturated rings. The van der Waals surface area contributed by atoms with Crippen LogP contribution in [0.1, 0.15) is 10.4 Å². The highest BCUT2D eigenvalue weighted by atomic mass is 79.9. The van der Waals surface area contributed by atoms with Crippen molar-refractivity contribution >= 4 is 21.7 Å². The van der Waals surface area contributed by atoms with Gasteiger partial charge in [0.15, 0.2) is 0 Å². The van der Waals surface area contributed by atoms with Crippen molar-refractivity contribution in [3.63, 3.8) is 0 Å². The summed E-state index contributed by atoms with van der Waals surface area (Å²) in [6.07, 6.45) is -4.99. The lowest BCUT2D eigenvalue weighted by Gasteiger charge is -2.06. The van der Waals surface area contributed by atoms with Gasteiger partial charge in [-0.1, -0.05) is 6.07 Å². The van der Waals surface area contributed by atoms with Crippen LogP contribution in [0.4, 0.5) is 17.6 Å². The van der Waals surface area contributed by atoms with Gasteiger partial charge in [-0.3, -0.25) is 4.79 Å². The molecular formula is C8H3BrF4O. The quantitative estimate of drug-likeness (QED) is 0.565. The minimum atomic E-state index is -4.99. The minimum Gasteiger partial charge on any atom is -0.284 e. The van der Waals surface area contributed by atoms with E-state index in [9.17, 15) is 22.4 Å². The molecule has 0 aliphatic carbocycles. The van der Waals surface area contributed by atoms with Crippen LogP contribution in [-0.2, 0) is 0 Å². The maximum atomic E-state index is 12.8. The first-order valence-corrected chi connectivity index (χ1v) is 4.19. The van der Waals surface area contributed by atoms with Gasteiger partial charge in [-0.25, -0.2) is 4.39 Å².